The van der Waals surface area contributed by atoms with Crippen LogP contribution in [0.3, 0.4) is 0 Å². The standard InChI is InChI=1S/C22H22N8O2S2/c1-11-13(5-3-7-15(11)25-19(31)21-29-27-17(9-23)33-21)14-6-4-8-16(12(14)2)26-20(32)22-30-28-18(10-24)34-22/h3-8H,9-10,23-24H2,1-2H3,(H,25,31)(H,26,32). The molecule has 6 N–H and O–H groups in total. The average molecular weight is 495 g/mol. The summed E-state index contributed by atoms with van der Waals surface area (Å²) in [5.74, 6) is -0.687. The molecule has 4 aromatic rings. The van der Waals surface area contributed by atoms with E-state index in [1.54, 1.807) is 0 Å². The number of benzene rings is 2. The van der Waals surface area contributed by atoms with Crippen molar-refractivity contribution in [1.29, 1.82) is 0 Å². The topological polar surface area (TPSA) is 162 Å². The summed E-state index contributed by atoms with van der Waals surface area (Å²) in [5.41, 5.74) is 16.0. The highest BCUT2D eigenvalue weighted by atomic mass is 32.1. The number of nitrogens with zero attached hydrogens (tertiary/aromatic N) is 4. The number of nitrogens with one attached hydrogen (secondary N) is 2. The molecule has 0 aliphatic heterocycles. The first-order valence-electron chi connectivity index (χ1n) is 10.3. The molecule has 0 aliphatic carbocycles. The van der Waals surface area contributed by atoms with Gasteiger partial charge in [0.1, 0.15) is 10.0 Å². The molecule has 4 rings (SSSR count). The molecule has 12 heteroatoms. The fourth-order valence-corrected chi connectivity index (χ4v) is 4.56. The molecule has 0 unspecified atom stereocenters. The van der Waals surface area contributed by atoms with Crippen LogP contribution in [0.25, 0.3) is 11.1 Å². The van der Waals surface area contributed by atoms with E-state index >= 15 is 0 Å². The molecule has 0 aliphatic rings. The number of anilines is 2. The van der Waals surface area contributed by atoms with Gasteiger partial charge in [0, 0.05) is 24.5 Å². The number of carbonyl (C=O) groups excluding carboxylic acids is 2. The van der Waals surface area contributed by atoms with Crippen molar-refractivity contribution in [3.63, 3.8) is 0 Å². The van der Waals surface area contributed by atoms with Crippen molar-refractivity contribution in [3.05, 3.63) is 67.6 Å². The molecule has 0 spiro atoms. The molecule has 0 saturated heterocycles. The van der Waals surface area contributed by atoms with E-state index in [1.165, 1.54) is 0 Å². The summed E-state index contributed by atoms with van der Waals surface area (Å²) < 4.78 is 0. The molecule has 34 heavy (non-hydrogen) atoms. The second-order valence-corrected chi connectivity index (χ2v) is 9.40. The number of hydrogen-bond donors (Lipinski definition) is 4. The third kappa shape index (κ3) is 4.84. The molecular formula is C22H22N8O2S2. The predicted octanol–water partition coefficient (Wildman–Crippen LogP) is 3.10. The van der Waals surface area contributed by atoms with Crippen molar-refractivity contribution in [2.24, 2.45) is 11.5 Å². The van der Waals surface area contributed by atoms with Gasteiger partial charge in [-0.25, -0.2) is 0 Å². The van der Waals surface area contributed by atoms with E-state index in [1.807, 2.05) is 50.2 Å². The summed E-state index contributed by atoms with van der Waals surface area (Å²) in [6.45, 7) is 4.32. The predicted molar refractivity (Wildman–Crippen MR) is 133 cm³/mol. The molecule has 174 valence electrons. The fourth-order valence-electron chi connectivity index (χ4n) is 3.33. The maximum absolute atomic E-state index is 12.6. The van der Waals surface area contributed by atoms with E-state index in [0.717, 1.165) is 44.9 Å². The summed E-state index contributed by atoms with van der Waals surface area (Å²) >= 11 is 2.33. The number of rotatable bonds is 7. The highest BCUT2D eigenvalue weighted by Crippen LogP contribution is 2.34. The monoisotopic (exact) mass is 494 g/mol. The first kappa shape index (κ1) is 23.6. The number of nitrogens with two attached hydrogens (primary N) is 2. The van der Waals surface area contributed by atoms with Crippen LogP contribution < -0.4 is 22.1 Å². The van der Waals surface area contributed by atoms with Crippen molar-refractivity contribution < 1.29 is 9.59 Å². The lowest BCUT2D eigenvalue weighted by atomic mass is 9.94. The summed E-state index contributed by atoms with van der Waals surface area (Å²) in [6.07, 6.45) is 0. The lowest BCUT2D eigenvalue weighted by Crippen LogP contribution is -2.13. The SMILES string of the molecule is Cc1c(NC(=O)c2nnc(CN)s2)cccc1-c1cccc(NC(=O)c2nnc(CN)s2)c1C. The summed E-state index contributed by atoms with van der Waals surface area (Å²) in [7, 11) is 0. The van der Waals surface area contributed by atoms with Gasteiger partial charge in [0.15, 0.2) is 0 Å². The molecule has 2 aromatic carbocycles. The second kappa shape index (κ2) is 10.1. The van der Waals surface area contributed by atoms with E-state index in [9.17, 15) is 9.59 Å². The van der Waals surface area contributed by atoms with Gasteiger partial charge in [0.2, 0.25) is 10.0 Å². The third-order valence-corrected chi connectivity index (χ3v) is 7.01. The van der Waals surface area contributed by atoms with Gasteiger partial charge in [-0.15, -0.1) is 20.4 Å². The molecule has 2 aromatic heterocycles. The van der Waals surface area contributed by atoms with Gasteiger partial charge < -0.3 is 22.1 Å². The van der Waals surface area contributed by atoms with Crippen LogP contribution in [0.4, 0.5) is 11.4 Å². The second-order valence-electron chi connectivity index (χ2n) is 7.27. The van der Waals surface area contributed by atoms with Crippen LogP contribution in [0.5, 0.6) is 0 Å². The molecule has 2 amide bonds. The molecular weight excluding hydrogens is 472 g/mol. The van der Waals surface area contributed by atoms with Gasteiger partial charge in [0.05, 0.1) is 0 Å². The minimum atomic E-state index is -0.343. The zero-order valence-corrected chi connectivity index (χ0v) is 20.1. The van der Waals surface area contributed by atoms with Gasteiger partial charge in [0.25, 0.3) is 11.8 Å². The van der Waals surface area contributed by atoms with Crippen LogP contribution in [0.1, 0.15) is 40.7 Å². The zero-order valence-electron chi connectivity index (χ0n) is 18.5. The third-order valence-electron chi connectivity index (χ3n) is 5.13. The Kier molecular flexibility index (Phi) is 7.03. The maximum atomic E-state index is 12.6. The van der Waals surface area contributed by atoms with Crippen molar-refractivity contribution in [2.45, 2.75) is 26.9 Å². The van der Waals surface area contributed by atoms with E-state index in [0.29, 0.717) is 21.4 Å². The number of amides is 2. The van der Waals surface area contributed by atoms with Gasteiger partial charge in [-0.1, -0.05) is 46.9 Å². The van der Waals surface area contributed by atoms with E-state index in [4.69, 9.17) is 11.5 Å². The fraction of sp³-hybridized carbons (Fsp3) is 0.182. The lowest BCUT2D eigenvalue weighted by molar-refractivity contribution is 0.101. The van der Waals surface area contributed by atoms with Crippen molar-refractivity contribution in [2.75, 3.05) is 10.6 Å². The minimum Gasteiger partial charge on any atom is -0.324 e. The number of aromatic nitrogens is 4. The Balaban J connectivity index is 1.59. The van der Waals surface area contributed by atoms with Gasteiger partial charge >= 0.3 is 0 Å². The normalized spacial score (nSPS) is 10.8. The van der Waals surface area contributed by atoms with E-state index in [-0.39, 0.29) is 34.9 Å². The van der Waals surface area contributed by atoms with Gasteiger partial charge in [-0.3, -0.25) is 9.59 Å². The highest BCUT2D eigenvalue weighted by molar-refractivity contribution is 7.13. The van der Waals surface area contributed by atoms with Crippen LogP contribution in [0.2, 0.25) is 0 Å². The van der Waals surface area contributed by atoms with Crippen LogP contribution in [-0.2, 0) is 13.1 Å². The first-order valence-corrected chi connectivity index (χ1v) is 11.9. The summed E-state index contributed by atoms with van der Waals surface area (Å²) in [6, 6.07) is 11.3. The Morgan fingerprint density at radius 2 is 1.15 bits per heavy atom. The van der Waals surface area contributed by atoms with Crippen LogP contribution in [-0.4, -0.2) is 32.2 Å². The molecule has 0 saturated carbocycles. The first-order chi connectivity index (χ1) is 16.4. The highest BCUT2D eigenvalue weighted by Gasteiger charge is 2.18. The maximum Gasteiger partial charge on any atom is 0.286 e. The molecule has 2 heterocycles. The lowest BCUT2D eigenvalue weighted by Gasteiger charge is -2.16. The van der Waals surface area contributed by atoms with Crippen molar-refractivity contribution >= 4 is 45.9 Å². The number of carbonyl (C=O) groups is 2. The Morgan fingerprint density at radius 1 is 0.735 bits per heavy atom. The van der Waals surface area contributed by atoms with E-state index < -0.39 is 0 Å². The summed E-state index contributed by atoms with van der Waals surface area (Å²) in [4.78, 5) is 25.3. The van der Waals surface area contributed by atoms with Gasteiger partial charge in [-0.2, -0.15) is 0 Å². The quantitative estimate of drug-likeness (QED) is 0.305. The summed E-state index contributed by atoms with van der Waals surface area (Å²) in [5, 5.41) is 23.1. The Hall–Kier alpha value is -3.58. The average Bonchev–Trinajstić information content (AvgIpc) is 3.52. The molecule has 10 nitrogen and oxygen atoms in total. The number of hydrogen-bond acceptors (Lipinski definition) is 10. The van der Waals surface area contributed by atoms with E-state index in [2.05, 4.69) is 31.0 Å². The Morgan fingerprint density at radius 3 is 1.50 bits per heavy atom. The largest absolute Gasteiger partial charge is 0.324 e. The van der Waals surface area contributed by atoms with Crippen LogP contribution >= 0.6 is 22.7 Å². The molecule has 0 fully saturated rings. The van der Waals surface area contributed by atoms with Crippen LogP contribution in [0.15, 0.2) is 36.4 Å². The van der Waals surface area contributed by atoms with Crippen LogP contribution in [0, 0.1) is 13.8 Å². The zero-order chi connectivity index (χ0) is 24.2. The Bertz CT molecular complexity index is 1260. The molecule has 0 bridgehead atoms. The van der Waals surface area contributed by atoms with Crippen molar-refractivity contribution in [3.8, 4) is 11.1 Å². The smallest absolute Gasteiger partial charge is 0.286 e. The van der Waals surface area contributed by atoms with Crippen molar-refractivity contribution in [1.82, 2.24) is 20.4 Å². The van der Waals surface area contributed by atoms with Gasteiger partial charge in [-0.05, 0) is 48.2 Å². The molecule has 0 radical (unpaired) electrons. The minimum absolute atomic E-state index is 0.235. The Labute approximate surface area is 203 Å². The molecule has 0 atom stereocenters.